The van der Waals surface area contributed by atoms with E-state index >= 15 is 0 Å². The Morgan fingerprint density at radius 3 is 2.00 bits per heavy atom. The standard InChI is InChI=1S/C20H13N3/c21-13-14-5-7-15(8-6-14)16-9-11-17(12-10-16)20-22-18-3-1-2-4-19(18)23-20/h1-12H,(H,22,23). The van der Waals surface area contributed by atoms with Crippen LogP contribution >= 0.6 is 0 Å². The van der Waals surface area contributed by atoms with Crippen LogP contribution in [0.25, 0.3) is 33.5 Å². The molecule has 0 amide bonds. The highest BCUT2D eigenvalue weighted by Crippen LogP contribution is 2.25. The second-order valence-electron chi connectivity index (χ2n) is 5.37. The number of nitriles is 1. The van der Waals surface area contributed by atoms with Gasteiger partial charge in [-0.15, -0.1) is 0 Å². The molecule has 1 aromatic heterocycles. The van der Waals surface area contributed by atoms with E-state index in [-0.39, 0.29) is 0 Å². The molecule has 0 aliphatic rings. The third kappa shape index (κ3) is 2.47. The van der Waals surface area contributed by atoms with E-state index in [1.807, 2.05) is 48.5 Å². The lowest BCUT2D eigenvalue weighted by atomic mass is 10.0. The van der Waals surface area contributed by atoms with Crippen molar-refractivity contribution in [1.29, 1.82) is 5.26 Å². The molecular weight excluding hydrogens is 282 g/mol. The van der Waals surface area contributed by atoms with Crippen LogP contribution in [0.4, 0.5) is 0 Å². The summed E-state index contributed by atoms with van der Waals surface area (Å²) in [6, 6.07) is 26.0. The fraction of sp³-hybridized carbons (Fsp3) is 0. The Balaban J connectivity index is 1.68. The molecule has 3 heteroatoms. The minimum atomic E-state index is 0.674. The summed E-state index contributed by atoms with van der Waals surface area (Å²) in [6.07, 6.45) is 0. The van der Waals surface area contributed by atoms with Crippen molar-refractivity contribution in [3.8, 4) is 28.6 Å². The third-order valence-corrected chi connectivity index (χ3v) is 3.90. The van der Waals surface area contributed by atoms with Gasteiger partial charge >= 0.3 is 0 Å². The van der Waals surface area contributed by atoms with E-state index < -0.39 is 0 Å². The normalized spacial score (nSPS) is 10.6. The lowest BCUT2D eigenvalue weighted by Gasteiger charge is -2.03. The molecule has 0 fully saturated rings. The molecular formula is C20H13N3. The first-order valence-corrected chi connectivity index (χ1v) is 7.39. The number of para-hydroxylation sites is 2. The van der Waals surface area contributed by atoms with Gasteiger partial charge in [0, 0.05) is 5.56 Å². The number of imidazole rings is 1. The van der Waals surface area contributed by atoms with Crippen LogP contribution in [0.15, 0.2) is 72.8 Å². The molecule has 3 nitrogen and oxygen atoms in total. The predicted octanol–water partition coefficient (Wildman–Crippen LogP) is 4.77. The molecule has 0 unspecified atom stereocenters. The van der Waals surface area contributed by atoms with Crippen molar-refractivity contribution < 1.29 is 0 Å². The first-order chi connectivity index (χ1) is 11.3. The maximum Gasteiger partial charge on any atom is 0.138 e. The van der Waals surface area contributed by atoms with Crippen LogP contribution in [0, 0.1) is 11.3 Å². The first kappa shape index (κ1) is 13.3. The van der Waals surface area contributed by atoms with Gasteiger partial charge in [0.1, 0.15) is 5.82 Å². The van der Waals surface area contributed by atoms with Gasteiger partial charge in [-0.3, -0.25) is 0 Å². The summed E-state index contributed by atoms with van der Waals surface area (Å²) in [5, 5.41) is 8.86. The van der Waals surface area contributed by atoms with Crippen molar-refractivity contribution in [2.45, 2.75) is 0 Å². The smallest absolute Gasteiger partial charge is 0.138 e. The van der Waals surface area contributed by atoms with Gasteiger partial charge in [0.2, 0.25) is 0 Å². The van der Waals surface area contributed by atoms with Crippen molar-refractivity contribution in [3.05, 3.63) is 78.4 Å². The number of rotatable bonds is 2. The van der Waals surface area contributed by atoms with Crippen LogP contribution in [0.1, 0.15) is 5.56 Å². The number of hydrogen-bond acceptors (Lipinski definition) is 2. The molecule has 0 aliphatic carbocycles. The number of benzene rings is 3. The maximum absolute atomic E-state index is 8.86. The Kier molecular flexibility index (Phi) is 3.14. The van der Waals surface area contributed by atoms with E-state index in [0.29, 0.717) is 5.56 Å². The number of nitrogens with zero attached hydrogens (tertiary/aromatic N) is 2. The average Bonchev–Trinajstić information content (AvgIpc) is 3.06. The number of nitrogens with one attached hydrogen (secondary N) is 1. The Morgan fingerprint density at radius 1 is 0.739 bits per heavy atom. The van der Waals surface area contributed by atoms with Crippen LogP contribution in [0.3, 0.4) is 0 Å². The number of hydrogen-bond donors (Lipinski definition) is 1. The number of aromatic nitrogens is 2. The van der Waals surface area contributed by atoms with Gasteiger partial charge < -0.3 is 4.98 Å². The Labute approximate surface area is 133 Å². The van der Waals surface area contributed by atoms with Gasteiger partial charge in [0.25, 0.3) is 0 Å². The molecule has 0 aliphatic heterocycles. The second kappa shape index (κ2) is 5.43. The van der Waals surface area contributed by atoms with Gasteiger partial charge in [0.15, 0.2) is 0 Å². The van der Waals surface area contributed by atoms with Crippen molar-refractivity contribution in [3.63, 3.8) is 0 Å². The molecule has 1 N–H and O–H groups in total. The average molecular weight is 295 g/mol. The van der Waals surface area contributed by atoms with E-state index in [1.54, 1.807) is 0 Å². The Bertz CT molecular complexity index is 970. The van der Waals surface area contributed by atoms with Crippen LogP contribution in [0.2, 0.25) is 0 Å². The number of fused-ring (bicyclic) bond motifs is 1. The summed E-state index contributed by atoms with van der Waals surface area (Å²) in [7, 11) is 0. The van der Waals surface area contributed by atoms with Crippen molar-refractivity contribution in [2.24, 2.45) is 0 Å². The summed E-state index contributed by atoms with van der Waals surface area (Å²) in [5.74, 6) is 0.873. The highest BCUT2D eigenvalue weighted by molar-refractivity contribution is 5.79. The van der Waals surface area contributed by atoms with Crippen molar-refractivity contribution in [1.82, 2.24) is 9.97 Å². The Morgan fingerprint density at radius 2 is 1.35 bits per heavy atom. The zero-order chi connectivity index (χ0) is 15.6. The van der Waals surface area contributed by atoms with E-state index in [9.17, 15) is 0 Å². The Hall–Kier alpha value is -3.38. The van der Waals surface area contributed by atoms with Gasteiger partial charge in [-0.1, -0.05) is 48.5 Å². The minimum Gasteiger partial charge on any atom is -0.338 e. The van der Waals surface area contributed by atoms with E-state index in [1.165, 1.54) is 0 Å². The summed E-state index contributed by atoms with van der Waals surface area (Å²) in [4.78, 5) is 7.96. The predicted molar refractivity (Wildman–Crippen MR) is 91.7 cm³/mol. The molecule has 0 atom stereocenters. The summed E-state index contributed by atoms with van der Waals surface area (Å²) in [6.45, 7) is 0. The second-order valence-corrected chi connectivity index (χ2v) is 5.37. The number of aromatic amines is 1. The quantitative estimate of drug-likeness (QED) is 0.579. The first-order valence-electron chi connectivity index (χ1n) is 7.39. The maximum atomic E-state index is 8.86. The number of H-pyrrole nitrogens is 1. The zero-order valence-corrected chi connectivity index (χ0v) is 12.3. The molecule has 0 bridgehead atoms. The topological polar surface area (TPSA) is 52.5 Å². The van der Waals surface area contributed by atoms with Crippen molar-refractivity contribution >= 4 is 11.0 Å². The molecule has 4 aromatic rings. The molecule has 4 rings (SSSR count). The SMILES string of the molecule is N#Cc1ccc(-c2ccc(-c3nc4ccccc4[nH]3)cc2)cc1. The van der Waals surface area contributed by atoms with Crippen LogP contribution in [-0.2, 0) is 0 Å². The molecule has 108 valence electrons. The lowest BCUT2D eigenvalue weighted by Crippen LogP contribution is -1.82. The molecule has 23 heavy (non-hydrogen) atoms. The lowest BCUT2D eigenvalue weighted by molar-refractivity contribution is 1.34. The molecule has 1 heterocycles. The van der Waals surface area contributed by atoms with Gasteiger partial charge in [0.05, 0.1) is 22.7 Å². The summed E-state index contributed by atoms with van der Waals surface area (Å²) in [5.41, 5.74) is 5.96. The van der Waals surface area contributed by atoms with E-state index in [4.69, 9.17) is 5.26 Å². The summed E-state index contributed by atoms with van der Waals surface area (Å²) < 4.78 is 0. The van der Waals surface area contributed by atoms with Crippen LogP contribution < -0.4 is 0 Å². The molecule has 0 radical (unpaired) electrons. The van der Waals surface area contributed by atoms with Gasteiger partial charge in [-0.25, -0.2) is 4.98 Å². The van der Waals surface area contributed by atoms with Crippen molar-refractivity contribution in [2.75, 3.05) is 0 Å². The summed E-state index contributed by atoms with van der Waals surface area (Å²) >= 11 is 0. The molecule has 0 spiro atoms. The molecule has 3 aromatic carbocycles. The third-order valence-electron chi connectivity index (χ3n) is 3.90. The molecule has 0 saturated carbocycles. The highest BCUT2D eigenvalue weighted by Gasteiger charge is 2.05. The fourth-order valence-corrected chi connectivity index (χ4v) is 2.65. The molecule has 0 saturated heterocycles. The van der Waals surface area contributed by atoms with Crippen LogP contribution in [-0.4, -0.2) is 9.97 Å². The largest absolute Gasteiger partial charge is 0.338 e. The van der Waals surface area contributed by atoms with Gasteiger partial charge in [-0.2, -0.15) is 5.26 Å². The minimum absolute atomic E-state index is 0.674. The zero-order valence-electron chi connectivity index (χ0n) is 12.3. The van der Waals surface area contributed by atoms with E-state index in [0.717, 1.165) is 33.5 Å². The van der Waals surface area contributed by atoms with E-state index in [2.05, 4.69) is 40.3 Å². The fourth-order valence-electron chi connectivity index (χ4n) is 2.65. The van der Waals surface area contributed by atoms with Gasteiger partial charge in [-0.05, 0) is 35.4 Å². The van der Waals surface area contributed by atoms with Crippen LogP contribution in [0.5, 0.6) is 0 Å². The highest BCUT2D eigenvalue weighted by atomic mass is 14.9. The monoisotopic (exact) mass is 295 g/mol.